The van der Waals surface area contributed by atoms with Crippen LogP contribution in [-0.4, -0.2) is 79.2 Å². The molecule has 37 heavy (non-hydrogen) atoms. The van der Waals surface area contributed by atoms with Gasteiger partial charge in [-0.2, -0.15) is 0 Å². The summed E-state index contributed by atoms with van der Waals surface area (Å²) in [6, 6.07) is 9.97. The van der Waals surface area contributed by atoms with Gasteiger partial charge in [0.2, 0.25) is 15.9 Å². The topological polar surface area (TPSA) is 111 Å². The van der Waals surface area contributed by atoms with Crippen molar-refractivity contribution in [2.24, 2.45) is 4.99 Å². The molecule has 0 fully saturated rings. The summed E-state index contributed by atoms with van der Waals surface area (Å²) in [6.45, 7) is 1.37. The standard InChI is InChI=1S/C24H27Cl3N4O5S/c1-29(15-16-6-8-17(9-7-16)23-28-12-14-31(23)24(33)34)20(32)5-3-4-13-30(2)37(35,36)19-11-10-18(25)21(26)22(19)27/h6-11H,3-5,12-15H2,1-2H3,(H,33,34). The maximum atomic E-state index is 12.8. The number of unbranched alkanes of at least 4 members (excludes halogenated alkanes) is 1. The molecule has 0 atom stereocenters. The van der Waals surface area contributed by atoms with E-state index in [1.54, 1.807) is 24.1 Å². The van der Waals surface area contributed by atoms with E-state index < -0.39 is 16.1 Å². The zero-order valence-electron chi connectivity index (χ0n) is 20.3. The third-order valence-corrected chi connectivity index (χ3v) is 9.24. The molecule has 1 aliphatic heterocycles. The van der Waals surface area contributed by atoms with Crippen molar-refractivity contribution in [3.63, 3.8) is 0 Å². The fourth-order valence-corrected chi connectivity index (χ4v) is 5.96. The first kappa shape index (κ1) is 29.2. The Morgan fingerprint density at radius 2 is 1.70 bits per heavy atom. The van der Waals surface area contributed by atoms with E-state index in [0.717, 1.165) is 5.56 Å². The quantitative estimate of drug-likeness (QED) is 0.315. The first-order valence-electron chi connectivity index (χ1n) is 11.4. The van der Waals surface area contributed by atoms with E-state index >= 15 is 0 Å². The number of sulfonamides is 1. The van der Waals surface area contributed by atoms with Crippen molar-refractivity contribution in [3.05, 3.63) is 62.6 Å². The smallest absolute Gasteiger partial charge is 0.413 e. The second kappa shape index (κ2) is 12.4. The van der Waals surface area contributed by atoms with Crippen LogP contribution < -0.4 is 0 Å². The van der Waals surface area contributed by atoms with Crippen LogP contribution in [0.3, 0.4) is 0 Å². The van der Waals surface area contributed by atoms with Crippen molar-refractivity contribution >= 4 is 62.7 Å². The fraction of sp³-hybridized carbons (Fsp3) is 0.375. The van der Waals surface area contributed by atoms with E-state index in [0.29, 0.717) is 43.9 Å². The molecule has 0 bridgehead atoms. The highest BCUT2D eigenvalue weighted by atomic mass is 35.5. The Kier molecular flexibility index (Phi) is 9.82. The highest BCUT2D eigenvalue weighted by molar-refractivity contribution is 7.89. The van der Waals surface area contributed by atoms with Crippen LogP contribution >= 0.6 is 34.8 Å². The number of rotatable bonds is 10. The van der Waals surface area contributed by atoms with Crippen LogP contribution in [0.4, 0.5) is 4.79 Å². The zero-order valence-corrected chi connectivity index (χ0v) is 23.4. The molecule has 0 saturated heterocycles. The monoisotopic (exact) mass is 588 g/mol. The highest BCUT2D eigenvalue weighted by Gasteiger charge is 2.26. The molecular formula is C24H27Cl3N4O5S. The lowest BCUT2D eigenvalue weighted by Crippen LogP contribution is -2.33. The highest BCUT2D eigenvalue weighted by Crippen LogP contribution is 2.36. The molecule has 0 aliphatic carbocycles. The summed E-state index contributed by atoms with van der Waals surface area (Å²) in [7, 11) is -0.722. The minimum absolute atomic E-state index is 0.0180. The SMILES string of the molecule is CN(Cc1ccc(C2=NCCN2C(=O)O)cc1)C(=O)CCCCN(C)S(=O)(=O)c1ccc(Cl)c(Cl)c1Cl. The van der Waals surface area contributed by atoms with Crippen molar-refractivity contribution in [3.8, 4) is 0 Å². The van der Waals surface area contributed by atoms with Crippen molar-refractivity contribution in [1.29, 1.82) is 0 Å². The number of nitrogens with zero attached hydrogens (tertiary/aromatic N) is 4. The minimum Gasteiger partial charge on any atom is -0.465 e. The lowest BCUT2D eigenvalue weighted by atomic mass is 10.1. The number of halogens is 3. The zero-order chi connectivity index (χ0) is 27.3. The van der Waals surface area contributed by atoms with Crippen LogP contribution in [-0.2, 0) is 21.4 Å². The van der Waals surface area contributed by atoms with E-state index in [1.165, 1.54) is 28.4 Å². The number of hydrogen-bond donors (Lipinski definition) is 1. The average molecular weight is 590 g/mol. The summed E-state index contributed by atoms with van der Waals surface area (Å²) in [4.78, 5) is 30.9. The van der Waals surface area contributed by atoms with Gasteiger partial charge in [-0.3, -0.25) is 14.7 Å². The van der Waals surface area contributed by atoms with Crippen LogP contribution in [0.1, 0.15) is 30.4 Å². The molecule has 1 N–H and O–H groups in total. The number of hydrogen-bond acceptors (Lipinski definition) is 5. The molecule has 1 aliphatic rings. The summed E-state index contributed by atoms with van der Waals surface area (Å²) < 4.78 is 26.9. The molecule has 2 aromatic carbocycles. The Bertz CT molecular complexity index is 1300. The summed E-state index contributed by atoms with van der Waals surface area (Å²) in [5.74, 6) is 0.358. The maximum Gasteiger partial charge on any atom is 0.413 e. The van der Waals surface area contributed by atoms with Crippen LogP contribution in [0.5, 0.6) is 0 Å². The van der Waals surface area contributed by atoms with Gasteiger partial charge >= 0.3 is 6.09 Å². The van der Waals surface area contributed by atoms with E-state index in [2.05, 4.69) is 4.99 Å². The Hall–Kier alpha value is -2.37. The molecule has 0 radical (unpaired) electrons. The van der Waals surface area contributed by atoms with Crippen molar-refractivity contribution in [2.45, 2.75) is 30.7 Å². The largest absolute Gasteiger partial charge is 0.465 e. The fourth-order valence-electron chi connectivity index (χ4n) is 3.80. The first-order chi connectivity index (χ1) is 17.4. The number of amides is 2. The van der Waals surface area contributed by atoms with E-state index in [-0.39, 0.29) is 38.8 Å². The number of aliphatic imine (C=N–C) groups is 1. The Labute approximate surface area is 231 Å². The van der Waals surface area contributed by atoms with Crippen molar-refractivity contribution in [2.75, 3.05) is 33.7 Å². The summed E-state index contributed by atoms with van der Waals surface area (Å²) in [5.41, 5.74) is 1.60. The van der Waals surface area contributed by atoms with Gasteiger partial charge in [0.25, 0.3) is 0 Å². The van der Waals surface area contributed by atoms with E-state index in [9.17, 15) is 23.1 Å². The van der Waals surface area contributed by atoms with Crippen LogP contribution in [0.15, 0.2) is 46.3 Å². The molecule has 2 aromatic rings. The minimum atomic E-state index is -3.87. The number of carbonyl (C=O) groups excluding carboxylic acids is 1. The van der Waals surface area contributed by atoms with Gasteiger partial charge in [-0.1, -0.05) is 59.1 Å². The molecule has 0 aromatic heterocycles. The molecule has 9 nitrogen and oxygen atoms in total. The Morgan fingerprint density at radius 3 is 2.35 bits per heavy atom. The summed E-state index contributed by atoms with van der Waals surface area (Å²) in [5, 5.41) is 9.30. The second-order valence-electron chi connectivity index (χ2n) is 8.54. The Morgan fingerprint density at radius 1 is 1.03 bits per heavy atom. The normalized spacial score (nSPS) is 13.7. The molecule has 13 heteroatoms. The molecule has 2 amide bonds. The third-order valence-electron chi connectivity index (χ3n) is 5.93. The number of carbonyl (C=O) groups is 2. The third kappa shape index (κ3) is 6.94. The van der Waals surface area contributed by atoms with Gasteiger partial charge < -0.3 is 10.0 Å². The predicted octanol–water partition coefficient (Wildman–Crippen LogP) is 4.84. The summed E-state index contributed by atoms with van der Waals surface area (Å²) in [6.07, 6.45) is 0.209. The molecule has 0 saturated carbocycles. The molecule has 1 heterocycles. The lowest BCUT2D eigenvalue weighted by molar-refractivity contribution is -0.130. The van der Waals surface area contributed by atoms with E-state index in [1.807, 2.05) is 12.1 Å². The first-order valence-corrected chi connectivity index (χ1v) is 14.0. The number of carboxylic acid groups (broad SMARTS) is 1. The van der Waals surface area contributed by atoms with Gasteiger partial charge in [0.05, 0.1) is 28.2 Å². The second-order valence-corrected chi connectivity index (χ2v) is 11.7. The van der Waals surface area contributed by atoms with Crippen LogP contribution in [0.2, 0.25) is 15.1 Å². The predicted molar refractivity (Wildman–Crippen MR) is 144 cm³/mol. The lowest BCUT2D eigenvalue weighted by Gasteiger charge is -2.20. The molecule has 200 valence electrons. The molecule has 3 rings (SSSR count). The van der Waals surface area contributed by atoms with Gasteiger partial charge in [0.1, 0.15) is 10.7 Å². The van der Waals surface area contributed by atoms with Gasteiger partial charge in [0, 0.05) is 39.2 Å². The van der Waals surface area contributed by atoms with Crippen molar-refractivity contribution in [1.82, 2.24) is 14.1 Å². The Balaban J connectivity index is 1.47. The van der Waals surface area contributed by atoms with Crippen LogP contribution in [0.25, 0.3) is 0 Å². The summed E-state index contributed by atoms with van der Waals surface area (Å²) >= 11 is 18.0. The van der Waals surface area contributed by atoms with Crippen LogP contribution in [0, 0.1) is 0 Å². The van der Waals surface area contributed by atoms with Crippen molar-refractivity contribution < 1.29 is 23.1 Å². The van der Waals surface area contributed by atoms with Gasteiger partial charge in [-0.15, -0.1) is 0 Å². The maximum absolute atomic E-state index is 12.8. The van der Waals surface area contributed by atoms with Gasteiger partial charge in [-0.25, -0.2) is 17.5 Å². The molecule has 0 unspecified atom stereocenters. The average Bonchev–Trinajstić information content (AvgIpc) is 3.35. The number of amidine groups is 1. The van der Waals surface area contributed by atoms with Gasteiger partial charge in [0.15, 0.2) is 0 Å². The number of benzene rings is 2. The molecule has 0 spiro atoms. The molecular weight excluding hydrogens is 563 g/mol. The van der Waals surface area contributed by atoms with E-state index in [4.69, 9.17) is 34.8 Å². The van der Waals surface area contributed by atoms with Gasteiger partial charge in [-0.05, 0) is 30.5 Å².